The van der Waals surface area contributed by atoms with Crippen molar-refractivity contribution < 1.29 is 23.4 Å². The largest absolute Gasteiger partial charge is 0.508 e. The van der Waals surface area contributed by atoms with E-state index in [4.69, 9.17) is 0 Å². The molecule has 1 amide bonds. The van der Waals surface area contributed by atoms with Gasteiger partial charge in [0.2, 0.25) is 0 Å². The topological polar surface area (TPSA) is 49.8 Å². The highest BCUT2D eigenvalue weighted by molar-refractivity contribution is 6.05. The van der Waals surface area contributed by atoms with Gasteiger partial charge in [-0.3, -0.25) is 4.79 Å². The van der Waals surface area contributed by atoms with Gasteiger partial charge in [0.25, 0.3) is 5.91 Å². The van der Waals surface area contributed by atoms with Gasteiger partial charge in [-0.15, -0.1) is 0 Å². The molecule has 0 unspecified atom stereocenters. The summed E-state index contributed by atoms with van der Waals surface area (Å²) in [5, 5.41) is 9.22. The summed E-state index contributed by atoms with van der Waals surface area (Å²) in [6.07, 6.45) is 0. The molecule has 4 nitrogen and oxygen atoms in total. The second kappa shape index (κ2) is 6.21. The number of ether oxygens (including phenoxy) is 1. The van der Waals surface area contributed by atoms with E-state index in [0.717, 1.165) is 0 Å². The minimum atomic E-state index is -2.94. The lowest BCUT2D eigenvalue weighted by Gasteiger charge is -2.17. The molecule has 0 saturated carbocycles. The molecule has 1 N–H and O–H groups in total. The predicted octanol–water partition coefficient (Wildman–Crippen LogP) is 3.27. The second-order valence-corrected chi connectivity index (χ2v) is 4.29. The Hall–Kier alpha value is -2.63. The third-order valence-electron chi connectivity index (χ3n) is 2.85. The predicted molar refractivity (Wildman–Crippen MR) is 73.9 cm³/mol. The summed E-state index contributed by atoms with van der Waals surface area (Å²) in [4.78, 5) is 13.6. The van der Waals surface area contributed by atoms with Crippen molar-refractivity contribution in [3.63, 3.8) is 0 Å². The van der Waals surface area contributed by atoms with Crippen LogP contribution < -0.4 is 9.64 Å². The highest BCUT2D eigenvalue weighted by Crippen LogP contribution is 2.21. The number of alkyl halides is 2. The van der Waals surface area contributed by atoms with E-state index < -0.39 is 6.61 Å². The lowest BCUT2D eigenvalue weighted by atomic mass is 10.1. The highest BCUT2D eigenvalue weighted by Gasteiger charge is 2.15. The number of carbonyl (C=O) groups is 1. The van der Waals surface area contributed by atoms with Crippen LogP contribution in [0, 0.1) is 0 Å². The van der Waals surface area contributed by atoms with Gasteiger partial charge in [0, 0.05) is 18.3 Å². The van der Waals surface area contributed by atoms with E-state index in [-0.39, 0.29) is 23.0 Å². The van der Waals surface area contributed by atoms with Gasteiger partial charge in [0.1, 0.15) is 11.5 Å². The molecule has 0 bridgehead atoms. The minimum Gasteiger partial charge on any atom is -0.508 e. The van der Waals surface area contributed by atoms with Crippen LogP contribution in [0.15, 0.2) is 48.5 Å². The van der Waals surface area contributed by atoms with Gasteiger partial charge in [-0.1, -0.05) is 6.07 Å². The molecule has 0 heterocycles. The normalized spacial score (nSPS) is 10.5. The molecule has 21 heavy (non-hydrogen) atoms. The quantitative estimate of drug-likeness (QED) is 0.941. The number of carbonyl (C=O) groups excluding carboxylic acids is 1. The van der Waals surface area contributed by atoms with Crippen LogP contribution in [-0.2, 0) is 0 Å². The van der Waals surface area contributed by atoms with Gasteiger partial charge in [-0.2, -0.15) is 8.78 Å². The average Bonchev–Trinajstić information content (AvgIpc) is 2.46. The lowest BCUT2D eigenvalue weighted by molar-refractivity contribution is -0.0498. The molecule has 0 fully saturated rings. The fourth-order valence-electron chi connectivity index (χ4n) is 1.79. The van der Waals surface area contributed by atoms with Crippen LogP contribution in [0.2, 0.25) is 0 Å². The molecule has 0 aliphatic carbocycles. The number of amides is 1. The molecule has 110 valence electrons. The first-order valence-corrected chi connectivity index (χ1v) is 6.09. The number of hydrogen-bond acceptors (Lipinski definition) is 3. The van der Waals surface area contributed by atoms with Crippen molar-refractivity contribution >= 4 is 11.6 Å². The Bertz CT molecular complexity index is 629. The van der Waals surface area contributed by atoms with E-state index in [0.29, 0.717) is 5.69 Å². The Morgan fingerprint density at radius 3 is 2.48 bits per heavy atom. The van der Waals surface area contributed by atoms with Gasteiger partial charge in [-0.05, 0) is 42.5 Å². The lowest BCUT2D eigenvalue weighted by Crippen LogP contribution is -2.26. The molecule has 0 radical (unpaired) electrons. The van der Waals surface area contributed by atoms with Crippen LogP contribution in [0.25, 0.3) is 0 Å². The standard InChI is InChI=1S/C15H13F2NO3/c1-18(11-5-7-12(19)8-6-11)14(20)10-3-2-4-13(9-10)21-15(16)17/h2-9,15,19H,1H3. The van der Waals surface area contributed by atoms with Gasteiger partial charge in [0.15, 0.2) is 0 Å². The van der Waals surface area contributed by atoms with Crippen molar-refractivity contribution in [3.8, 4) is 11.5 Å². The first kappa shape index (κ1) is 14.8. The van der Waals surface area contributed by atoms with E-state index in [1.165, 1.54) is 41.3 Å². The van der Waals surface area contributed by atoms with E-state index in [1.54, 1.807) is 19.2 Å². The SMILES string of the molecule is CN(C(=O)c1cccc(OC(F)F)c1)c1ccc(O)cc1. The molecule has 2 rings (SSSR count). The molecule has 2 aromatic rings. The Labute approximate surface area is 120 Å². The molecule has 0 spiro atoms. The van der Waals surface area contributed by atoms with E-state index in [1.807, 2.05) is 0 Å². The van der Waals surface area contributed by atoms with Crippen molar-refractivity contribution in [2.75, 3.05) is 11.9 Å². The average molecular weight is 293 g/mol. The zero-order valence-corrected chi connectivity index (χ0v) is 11.2. The number of benzene rings is 2. The maximum Gasteiger partial charge on any atom is 0.387 e. The van der Waals surface area contributed by atoms with Gasteiger partial charge >= 0.3 is 6.61 Å². The summed E-state index contributed by atoms with van der Waals surface area (Å²) >= 11 is 0. The Balaban J connectivity index is 2.21. The summed E-state index contributed by atoms with van der Waals surface area (Å²) in [5.74, 6) is -0.359. The van der Waals surface area contributed by atoms with E-state index in [9.17, 15) is 18.7 Å². The van der Waals surface area contributed by atoms with Crippen molar-refractivity contribution in [1.82, 2.24) is 0 Å². The summed E-state index contributed by atoms with van der Waals surface area (Å²) in [6, 6.07) is 11.6. The van der Waals surface area contributed by atoms with Crippen molar-refractivity contribution in [2.24, 2.45) is 0 Å². The molecule has 0 aliphatic heterocycles. The fourth-order valence-corrected chi connectivity index (χ4v) is 1.79. The maximum atomic E-state index is 12.3. The highest BCUT2D eigenvalue weighted by atomic mass is 19.3. The molecule has 0 atom stereocenters. The minimum absolute atomic E-state index is 0.0741. The van der Waals surface area contributed by atoms with Gasteiger partial charge in [0.05, 0.1) is 0 Å². The number of aromatic hydroxyl groups is 1. The van der Waals surface area contributed by atoms with E-state index >= 15 is 0 Å². The zero-order chi connectivity index (χ0) is 15.4. The van der Waals surface area contributed by atoms with Crippen molar-refractivity contribution in [3.05, 3.63) is 54.1 Å². The third-order valence-corrected chi connectivity index (χ3v) is 2.85. The van der Waals surface area contributed by atoms with E-state index in [2.05, 4.69) is 4.74 Å². The number of phenolic OH excluding ortho intramolecular Hbond substituents is 1. The van der Waals surface area contributed by atoms with Crippen LogP contribution >= 0.6 is 0 Å². The van der Waals surface area contributed by atoms with Crippen LogP contribution in [0.5, 0.6) is 11.5 Å². The fraction of sp³-hybridized carbons (Fsp3) is 0.133. The molecule has 0 saturated heterocycles. The number of hydrogen-bond donors (Lipinski definition) is 1. The molecule has 0 aliphatic rings. The number of halogens is 2. The molecule has 2 aromatic carbocycles. The van der Waals surface area contributed by atoms with Gasteiger partial charge < -0.3 is 14.7 Å². The summed E-state index contributed by atoms with van der Waals surface area (Å²) < 4.78 is 28.6. The zero-order valence-electron chi connectivity index (χ0n) is 11.2. The third kappa shape index (κ3) is 3.68. The summed E-state index contributed by atoms with van der Waals surface area (Å²) in [7, 11) is 1.55. The number of rotatable bonds is 4. The molecule has 0 aromatic heterocycles. The molecular weight excluding hydrogens is 280 g/mol. The van der Waals surface area contributed by atoms with Crippen LogP contribution in [0.4, 0.5) is 14.5 Å². The Morgan fingerprint density at radius 1 is 1.19 bits per heavy atom. The number of anilines is 1. The Morgan fingerprint density at radius 2 is 1.86 bits per heavy atom. The first-order chi connectivity index (χ1) is 9.97. The summed E-state index contributed by atoms with van der Waals surface area (Å²) in [5.41, 5.74) is 0.793. The molecule has 6 heteroatoms. The Kier molecular flexibility index (Phi) is 4.37. The van der Waals surface area contributed by atoms with Crippen molar-refractivity contribution in [1.29, 1.82) is 0 Å². The van der Waals surface area contributed by atoms with Crippen LogP contribution in [-0.4, -0.2) is 24.7 Å². The monoisotopic (exact) mass is 293 g/mol. The van der Waals surface area contributed by atoms with Crippen molar-refractivity contribution in [2.45, 2.75) is 6.61 Å². The number of phenols is 1. The first-order valence-electron chi connectivity index (χ1n) is 6.09. The molecular formula is C15H13F2NO3. The van der Waals surface area contributed by atoms with Crippen LogP contribution in [0.3, 0.4) is 0 Å². The number of nitrogens with zero attached hydrogens (tertiary/aromatic N) is 1. The summed E-state index contributed by atoms with van der Waals surface area (Å²) in [6.45, 7) is -2.94. The smallest absolute Gasteiger partial charge is 0.387 e. The van der Waals surface area contributed by atoms with Crippen LogP contribution in [0.1, 0.15) is 10.4 Å². The second-order valence-electron chi connectivity index (χ2n) is 4.29. The van der Waals surface area contributed by atoms with Gasteiger partial charge in [-0.25, -0.2) is 0 Å². The maximum absolute atomic E-state index is 12.3.